The van der Waals surface area contributed by atoms with Gasteiger partial charge in [0.05, 0.1) is 5.56 Å². The lowest BCUT2D eigenvalue weighted by molar-refractivity contribution is 0.0920. The highest BCUT2D eigenvalue weighted by atomic mass is 16.2. The van der Waals surface area contributed by atoms with E-state index in [0.717, 1.165) is 30.5 Å². The summed E-state index contributed by atoms with van der Waals surface area (Å²) in [5.74, 6) is 0.538. The molecule has 0 saturated heterocycles. The normalized spacial score (nSPS) is 26.9. The SMILES string of the molecule is O=C1N[C@@H]([C@H]2CC=CCC2)Nc2ccccc21. The van der Waals surface area contributed by atoms with Gasteiger partial charge in [-0.15, -0.1) is 0 Å². The Bertz CT molecular complexity index is 467. The van der Waals surface area contributed by atoms with Gasteiger partial charge in [0, 0.05) is 11.6 Å². The van der Waals surface area contributed by atoms with Crippen LogP contribution in [0.4, 0.5) is 5.69 Å². The largest absolute Gasteiger partial charge is 0.364 e. The maximum Gasteiger partial charge on any atom is 0.254 e. The van der Waals surface area contributed by atoms with Crippen LogP contribution in [0, 0.1) is 5.92 Å². The minimum absolute atomic E-state index is 0.0407. The van der Waals surface area contributed by atoms with Gasteiger partial charge in [0.15, 0.2) is 0 Å². The Kier molecular flexibility index (Phi) is 2.59. The van der Waals surface area contributed by atoms with E-state index in [1.165, 1.54) is 0 Å². The first-order valence-electron chi connectivity index (χ1n) is 6.16. The average molecular weight is 228 g/mol. The number of rotatable bonds is 1. The summed E-state index contributed by atoms with van der Waals surface area (Å²) in [5, 5.41) is 6.49. The quantitative estimate of drug-likeness (QED) is 0.725. The Hall–Kier alpha value is -1.77. The second kappa shape index (κ2) is 4.24. The molecule has 17 heavy (non-hydrogen) atoms. The summed E-state index contributed by atoms with van der Waals surface area (Å²) in [6.45, 7) is 0. The van der Waals surface area contributed by atoms with Gasteiger partial charge < -0.3 is 10.6 Å². The number of amides is 1. The summed E-state index contributed by atoms with van der Waals surface area (Å²) in [6.07, 6.45) is 7.79. The van der Waals surface area contributed by atoms with Gasteiger partial charge in [-0.1, -0.05) is 24.3 Å². The van der Waals surface area contributed by atoms with Crippen molar-refractivity contribution >= 4 is 11.6 Å². The third-order valence-electron chi connectivity index (χ3n) is 3.55. The van der Waals surface area contributed by atoms with Crippen molar-refractivity contribution in [2.75, 3.05) is 5.32 Å². The topological polar surface area (TPSA) is 41.1 Å². The van der Waals surface area contributed by atoms with Gasteiger partial charge in [0.25, 0.3) is 5.91 Å². The molecule has 0 saturated carbocycles. The Labute approximate surface area is 101 Å². The zero-order chi connectivity index (χ0) is 11.7. The number of para-hydroxylation sites is 1. The number of nitrogens with one attached hydrogen (secondary N) is 2. The molecule has 1 aliphatic heterocycles. The third-order valence-corrected chi connectivity index (χ3v) is 3.55. The van der Waals surface area contributed by atoms with E-state index in [4.69, 9.17) is 0 Å². The van der Waals surface area contributed by atoms with Gasteiger partial charge in [-0.3, -0.25) is 4.79 Å². The van der Waals surface area contributed by atoms with Crippen molar-refractivity contribution in [3.63, 3.8) is 0 Å². The summed E-state index contributed by atoms with van der Waals surface area (Å²) in [5.41, 5.74) is 1.70. The minimum atomic E-state index is 0.0407. The molecule has 1 aromatic carbocycles. The number of allylic oxidation sites excluding steroid dienone is 2. The lowest BCUT2D eigenvalue weighted by Crippen LogP contribution is -2.49. The van der Waals surface area contributed by atoms with Crippen molar-refractivity contribution in [2.24, 2.45) is 5.92 Å². The minimum Gasteiger partial charge on any atom is -0.364 e. The molecule has 1 amide bonds. The fraction of sp³-hybridized carbons (Fsp3) is 0.357. The van der Waals surface area contributed by atoms with E-state index < -0.39 is 0 Å². The van der Waals surface area contributed by atoms with Gasteiger partial charge in [-0.25, -0.2) is 0 Å². The Morgan fingerprint density at radius 1 is 1.12 bits per heavy atom. The number of carbonyl (C=O) groups is 1. The van der Waals surface area contributed by atoms with E-state index in [0.29, 0.717) is 5.92 Å². The second-order valence-corrected chi connectivity index (χ2v) is 4.69. The first-order valence-corrected chi connectivity index (χ1v) is 6.16. The molecule has 3 heteroatoms. The maximum absolute atomic E-state index is 12.0. The molecule has 0 bridgehead atoms. The standard InChI is InChI=1S/C14H16N2O/c17-14-11-8-4-5-9-12(11)15-13(16-14)10-6-2-1-3-7-10/h1-2,4-5,8-10,13,15H,3,6-7H2,(H,16,17)/t10-,13-/m0/s1. The molecule has 2 aliphatic rings. The van der Waals surface area contributed by atoms with E-state index >= 15 is 0 Å². The lowest BCUT2D eigenvalue weighted by atomic mass is 9.90. The van der Waals surface area contributed by atoms with Crippen LogP contribution < -0.4 is 10.6 Å². The number of fused-ring (bicyclic) bond motifs is 1. The number of benzene rings is 1. The fourth-order valence-corrected chi connectivity index (χ4v) is 2.59. The Balaban J connectivity index is 1.83. The first-order chi connectivity index (χ1) is 8.34. The van der Waals surface area contributed by atoms with Crippen LogP contribution in [0.15, 0.2) is 36.4 Å². The van der Waals surface area contributed by atoms with Crippen LogP contribution in [0.3, 0.4) is 0 Å². The van der Waals surface area contributed by atoms with E-state index in [2.05, 4.69) is 22.8 Å². The van der Waals surface area contributed by atoms with E-state index in [-0.39, 0.29) is 12.1 Å². The summed E-state index contributed by atoms with van der Waals surface area (Å²) in [6, 6.07) is 7.68. The Morgan fingerprint density at radius 2 is 2.00 bits per heavy atom. The maximum atomic E-state index is 12.0. The molecule has 2 atom stereocenters. The predicted molar refractivity (Wildman–Crippen MR) is 67.8 cm³/mol. The van der Waals surface area contributed by atoms with Crippen molar-refractivity contribution in [1.82, 2.24) is 5.32 Å². The average Bonchev–Trinajstić information content (AvgIpc) is 2.40. The smallest absolute Gasteiger partial charge is 0.254 e. The molecule has 88 valence electrons. The zero-order valence-corrected chi connectivity index (χ0v) is 9.65. The number of anilines is 1. The molecule has 1 aromatic rings. The predicted octanol–water partition coefficient (Wildman–Crippen LogP) is 2.52. The van der Waals surface area contributed by atoms with Crippen LogP contribution in [0.2, 0.25) is 0 Å². The number of hydrogen-bond donors (Lipinski definition) is 2. The fourth-order valence-electron chi connectivity index (χ4n) is 2.59. The molecule has 0 spiro atoms. The molecular formula is C14H16N2O. The highest BCUT2D eigenvalue weighted by Crippen LogP contribution is 2.27. The lowest BCUT2D eigenvalue weighted by Gasteiger charge is -2.34. The van der Waals surface area contributed by atoms with Gasteiger partial charge in [0.1, 0.15) is 6.17 Å². The van der Waals surface area contributed by atoms with Crippen LogP contribution in [-0.2, 0) is 0 Å². The van der Waals surface area contributed by atoms with Crippen molar-refractivity contribution in [1.29, 1.82) is 0 Å². The van der Waals surface area contributed by atoms with Gasteiger partial charge in [-0.2, -0.15) is 0 Å². The summed E-state index contributed by atoms with van der Waals surface area (Å²) in [7, 11) is 0. The Morgan fingerprint density at radius 3 is 2.82 bits per heavy atom. The molecule has 1 aliphatic carbocycles. The van der Waals surface area contributed by atoms with Gasteiger partial charge in [-0.05, 0) is 31.4 Å². The van der Waals surface area contributed by atoms with Gasteiger partial charge >= 0.3 is 0 Å². The summed E-state index contributed by atoms with van der Waals surface area (Å²) >= 11 is 0. The van der Waals surface area contributed by atoms with Crippen LogP contribution in [0.25, 0.3) is 0 Å². The highest BCUT2D eigenvalue weighted by Gasteiger charge is 2.28. The van der Waals surface area contributed by atoms with Crippen LogP contribution >= 0.6 is 0 Å². The molecule has 0 radical (unpaired) electrons. The van der Waals surface area contributed by atoms with E-state index in [1.807, 2.05) is 24.3 Å². The first kappa shape index (κ1) is 10.4. The van der Waals surface area contributed by atoms with Crippen molar-refractivity contribution < 1.29 is 4.79 Å². The van der Waals surface area contributed by atoms with Crippen molar-refractivity contribution in [3.8, 4) is 0 Å². The number of carbonyl (C=O) groups excluding carboxylic acids is 1. The molecule has 1 heterocycles. The van der Waals surface area contributed by atoms with E-state index in [1.54, 1.807) is 0 Å². The molecule has 0 fully saturated rings. The summed E-state index contributed by atoms with van der Waals surface area (Å²) < 4.78 is 0. The summed E-state index contributed by atoms with van der Waals surface area (Å²) in [4.78, 5) is 12.0. The number of hydrogen-bond acceptors (Lipinski definition) is 2. The van der Waals surface area contributed by atoms with Gasteiger partial charge in [0.2, 0.25) is 0 Å². The molecule has 0 aromatic heterocycles. The molecule has 3 nitrogen and oxygen atoms in total. The second-order valence-electron chi connectivity index (χ2n) is 4.69. The molecular weight excluding hydrogens is 212 g/mol. The zero-order valence-electron chi connectivity index (χ0n) is 9.65. The van der Waals surface area contributed by atoms with E-state index in [9.17, 15) is 4.79 Å². The molecule has 3 rings (SSSR count). The highest BCUT2D eigenvalue weighted by molar-refractivity contribution is 6.01. The van der Waals surface area contributed by atoms with Crippen LogP contribution in [-0.4, -0.2) is 12.1 Å². The monoisotopic (exact) mass is 228 g/mol. The molecule has 0 unspecified atom stereocenters. The molecule has 2 N–H and O–H groups in total. The van der Waals surface area contributed by atoms with Crippen LogP contribution in [0.1, 0.15) is 29.6 Å². The third kappa shape index (κ3) is 1.93. The van der Waals surface area contributed by atoms with Crippen molar-refractivity contribution in [2.45, 2.75) is 25.4 Å². The van der Waals surface area contributed by atoms with Crippen LogP contribution in [0.5, 0.6) is 0 Å². The van der Waals surface area contributed by atoms with Crippen molar-refractivity contribution in [3.05, 3.63) is 42.0 Å².